The van der Waals surface area contributed by atoms with Crippen LogP contribution in [0.2, 0.25) is 0 Å². The largest absolute Gasteiger partial charge is 0.311 e. The molecule has 2 aliphatic heterocycles. The van der Waals surface area contributed by atoms with Crippen LogP contribution in [0.3, 0.4) is 0 Å². The summed E-state index contributed by atoms with van der Waals surface area (Å²) in [5.41, 5.74) is 18.9. The third kappa shape index (κ3) is 7.16. The number of fused-ring (bicyclic) bond motifs is 4. The van der Waals surface area contributed by atoms with Crippen LogP contribution in [0.1, 0.15) is 63.8 Å². The maximum atomic E-state index is 2.62. The third-order valence-corrected chi connectivity index (χ3v) is 19.4. The number of hydrogen-bond donors (Lipinski definition) is 0. The van der Waals surface area contributed by atoms with Crippen LogP contribution in [0, 0.1) is 13.8 Å². The van der Waals surface area contributed by atoms with E-state index in [0.717, 1.165) is 0 Å². The first-order valence-electron chi connectivity index (χ1n) is 24.3. The second-order valence-electron chi connectivity index (χ2n) is 21.1. The highest BCUT2D eigenvalue weighted by Gasteiger charge is 2.46. The van der Waals surface area contributed by atoms with Gasteiger partial charge in [-0.15, -0.1) is 0 Å². The van der Waals surface area contributed by atoms with Crippen molar-refractivity contribution in [3.05, 3.63) is 235 Å². The monoisotopic (exact) mass is 894 g/mol. The van der Waals surface area contributed by atoms with E-state index in [1.165, 1.54) is 105 Å². The average molecular weight is 895 g/mol. The lowest BCUT2D eigenvalue weighted by Gasteiger charge is -2.45. The summed E-state index contributed by atoms with van der Waals surface area (Å²) >= 11 is 0. The number of hydrogen-bond acceptors (Lipinski definition) is 2. The number of benzene rings is 9. The highest BCUT2D eigenvalue weighted by Crippen LogP contribution is 2.47. The van der Waals surface area contributed by atoms with Crippen LogP contribution < -0.4 is 46.9 Å². The Morgan fingerprint density at radius 1 is 0.368 bits per heavy atom. The van der Waals surface area contributed by atoms with E-state index in [0.29, 0.717) is 0 Å². The summed E-state index contributed by atoms with van der Waals surface area (Å²) in [6, 6.07) is 81.1. The summed E-state index contributed by atoms with van der Waals surface area (Å²) in [5, 5.41) is 5.44. The van der Waals surface area contributed by atoms with Gasteiger partial charge in [0, 0.05) is 34.0 Å². The third-order valence-electron chi connectivity index (χ3n) is 14.6. The lowest BCUT2D eigenvalue weighted by Crippen LogP contribution is -2.74. The Hall–Kier alpha value is -7.14. The molecule has 9 aromatic rings. The zero-order valence-electron chi connectivity index (χ0n) is 40.7. The number of nitrogens with zero attached hydrogens (tertiary/aromatic N) is 2. The predicted octanol–water partition coefficient (Wildman–Crippen LogP) is 12.0. The minimum absolute atomic E-state index is 0.0223. The van der Waals surface area contributed by atoms with E-state index in [2.05, 4.69) is 278 Å². The van der Waals surface area contributed by atoms with Gasteiger partial charge >= 0.3 is 0 Å². The minimum atomic E-state index is -2.86. The zero-order valence-corrected chi connectivity index (χ0v) is 41.7. The summed E-state index contributed by atoms with van der Waals surface area (Å²) in [6.07, 6.45) is 0. The zero-order chi connectivity index (χ0) is 47.0. The van der Waals surface area contributed by atoms with E-state index >= 15 is 0 Å². The van der Waals surface area contributed by atoms with Crippen molar-refractivity contribution in [2.45, 2.75) is 66.2 Å². The van der Waals surface area contributed by atoms with Crippen molar-refractivity contribution in [2.75, 3.05) is 9.80 Å². The number of anilines is 6. The molecule has 332 valence electrons. The topological polar surface area (TPSA) is 6.48 Å². The first-order chi connectivity index (χ1) is 32.8. The lowest BCUT2D eigenvalue weighted by molar-refractivity contribution is 0.590. The molecule has 0 fully saturated rings. The fourth-order valence-electron chi connectivity index (χ4n) is 11.2. The Morgan fingerprint density at radius 3 is 1.43 bits per heavy atom. The smallest absolute Gasteiger partial charge is 0.252 e. The van der Waals surface area contributed by atoms with Crippen molar-refractivity contribution in [3.8, 4) is 11.1 Å². The molecule has 0 saturated heterocycles. The van der Waals surface area contributed by atoms with E-state index in [1.54, 1.807) is 0 Å². The highest BCUT2D eigenvalue weighted by molar-refractivity contribution is 7.20. The quantitative estimate of drug-likeness (QED) is 0.116. The minimum Gasteiger partial charge on any atom is -0.311 e. The molecule has 0 atom stereocenters. The van der Waals surface area contributed by atoms with Crippen molar-refractivity contribution < 1.29 is 0 Å². The van der Waals surface area contributed by atoms with E-state index in [1.807, 2.05) is 0 Å². The number of aryl methyl sites for hydroxylation is 2. The molecular formula is C64H59BN2Si. The molecule has 0 spiro atoms. The van der Waals surface area contributed by atoms with Gasteiger partial charge in [0.1, 0.15) is 0 Å². The maximum absolute atomic E-state index is 2.86. The predicted molar refractivity (Wildman–Crippen MR) is 296 cm³/mol. The number of rotatable bonds is 7. The van der Waals surface area contributed by atoms with Crippen LogP contribution in [-0.2, 0) is 10.8 Å². The Labute approximate surface area is 405 Å². The van der Waals surface area contributed by atoms with Crippen molar-refractivity contribution in [1.29, 1.82) is 0 Å². The molecule has 2 heterocycles. The van der Waals surface area contributed by atoms with Crippen LogP contribution in [0.25, 0.3) is 11.1 Å². The fourth-order valence-corrected chi connectivity index (χ4v) is 16.0. The van der Waals surface area contributed by atoms with Crippen molar-refractivity contribution in [2.24, 2.45) is 0 Å². The second-order valence-corrected chi connectivity index (χ2v) is 25.0. The Balaban J connectivity index is 1.22. The molecule has 0 aliphatic carbocycles. The molecule has 2 nitrogen and oxygen atoms in total. The molecule has 0 N–H and O–H groups in total. The van der Waals surface area contributed by atoms with Crippen molar-refractivity contribution in [3.63, 3.8) is 0 Å². The average Bonchev–Trinajstić information content (AvgIpc) is 3.35. The van der Waals surface area contributed by atoms with Crippen LogP contribution in [0.5, 0.6) is 0 Å². The summed E-state index contributed by atoms with van der Waals surface area (Å²) in [7, 11) is -2.86. The van der Waals surface area contributed by atoms with Crippen LogP contribution in [-0.4, -0.2) is 14.8 Å². The second kappa shape index (κ2) is 16.6. The molecule has 0 saturated carbocycles. The summed E-state index contributed by atoms with van der Waals surface area (Å²) in [6.45, 7) is 18.4. The van der Waals surface area contributed by atoms with Crippen LogP contribution in [0.4, 0.5) is 34.1 Å². The van der Waals surface area contributed by atoms with Gasteiger partial charge < -0.3 is 9.80 Å². The first kappa shape index (κ1) is 43.4. The molecule has 0 aromatic heterocycles. The van der Waals surface area contributed by atoms with Gasteiger partial charge in [-0.2, -0.15) is 0 Å². The van der Waals surface area contributed by atoms with Gasteiger partial charge in [0.05, 0.1) is 5.69 Å². The Bertz CT molecular complexity index is 3220. The molecule has 11 rings (SSSR count). The molecule has 0 amide bonds. The van der Waals surface area contributed by atoms with E-state index in [9.17, 15) is 0 Å². The SMILES string of the molecule is Cc1ccc2c(c1)N(c1ccc([Si](c3ccccc3)(c3ccccc3)c3ccccc3)cc1-c1ccccc1)c1cc(C)cc3c1B2c1cc(C(C)(C)C)ccc1N3c1ccc(C(C)(C)C)cc1. The van der Waals surface area contributed by atoms with Gasteiger partial charge in [-0.05, 0) is 132 Å². The summed E-state index contributed by atoms with van der Waals surface area (Å²) in [5.74, 6) is 0. The molecule has 4 heteroatoms. The molecule has 9 aromatic carbocycles. The van der Waals surface area contributed by atoms with Gasteiger partial charge in [0.15, 0.2) is 8.07 Å². The summed E-state index contributed by atoms with van der Waals surface area (Å²) < 4.78 is 0. The van der Waals surface area contributed by atoms with Gasteiger partial charge in [0.2, 0.25) is 0 Å². The molecule has 0 bridgehead atoms. The molecule has 0 radical (unpaired) electrons. The molecule has 2 aliphatic rings. The molecule has 0 unspecified atom stereocenters. The fraction of sp³-hybridized carbons (Fsp3) is 0.156. The summed E-state index contributed by atoms with van der Waals surface area (Å²) in [4.78, 5) is 5.17. The van der Waals surface area contributed by atoms with E-state index in [4.69, 9.17) is 0 Å². The van der Waals surface area contributed by atoms with E-state index in [-0.39, 0.29) is 17.5 Å². The van der Waals surface area contributed by atoms with Gasteiger partial charge in [-0.1, -0.05) is 211 Å². The normalized spacial score (nSPS) is 13.2. The van der Waals surface area contributed by atoms with Gasteiger partial charge in [-0.3, -0.25) is 0 Å². The van der Waals surface area contributed by atoms with Crippen molar-refractivity contribution >= 4 is 86.0 Å². The lowest BCUT2D eigenvalue weighted by atomic mass is 9.33. The first-order valence-corrected chi connectivity index (χ1v) is 26.3. The Morgan fingerprint density at radius 2 is 0.868 bits per heavy atom. The molecule has 68 heavy (non-hydrogen) atoms. The molecular weight excluding hydrogens is 836 g/mol. The van der Waals surface area contributed by atoms with Gasteiger partial charge in [0.25, 0.3) is 6.71 Å². The van der Waals surface area contributed by atoms with Crippen LogP contribution in [0.15, 0.2) is 212 Å². The van der Waals surface area contributed by atoms with E-state index < -0.39 is 8.07 Å². The van der Waals surface area contributed by atoms with Gasteiger partial charge in [-0.25, -0.2) is 0 Å². The Kier molecular flexibility index (Phi) is 10.6. The van der Waals surface area contributed by atoms with Crippen LogP contribution >= 0.6 is 0 Å². The van der Waals surface area contributed by atoms with Crippen molar-refractivity contribution in [1.82, 2.24) is 0 Å². The highest BCUT2D eigenvalue weighted by atomic mass is 28.3. The maximum Gasteiger partial charge on any atom is 0.252 e. The standard InChI is InChI=1S/C64H59BN2Si/c1-44-29-36-55-59(39-44)67(61-41-45(2)40-60-62(61)65(55)56-42-48(64(6,7)8)32-37-58(56)66(60)49-33-30-47(31-34-49)63(3,4)5)57-38-35-53(43-54(57)46-21-13-9-14-22-46)68(50-23-15-10-16-24-50,51-25-17-11-18-26-51)52-27-19-12-20-28-52/h9-43H,1-8H3.